The van der Waals surface area contributed by atoms with E-state index in [9.17, 15) is 13.2 Å². The lowest BCUT2D eigenvalue weighted by Gasteiger charge is -2.01. The van der Waals surface area contributed by atoms with Crippen LogP contribution in [-0.2, 0) is 20.8 Å². The number of nitrogens with one attached hydrogen (secondary N) is 1. The third-order valence-electron chi connectivity index (χ3n) is 2.48. The maximum atomic E-state index is 11.9. The Morgan fingerprint density at radius 1 is 1.33 bits per heavy atom. The first-order valence-corrected chi connectivity index (χ1v) is 7.31. The summed E-state index contributed by atoms with van der Waals surface area (Å²) in [7, 11) is -3.41. The Morgan fingerprint density at radius 3 is 2.72 bits per heavy atom. The van der Waals surface area contributed by atoms with Gasteiger partial charge in [-0.05, 0) is 18.6 Å². The Bertz CT molecular complexity index is 699. The molecule has 0 bridgehead atoms. The Hall–Kier alpha value is -1.60. The first kappa shape index (κ1) is 12.8. The molecule has 1 aromatic carbocycles. The van der Waals surface area contributed by atoms with Crippen LogP contribution >= 0.6 is 0 Å². The number of para-hydroxylation sites is 1. The summed E-state index contributed by atoms with van der Waals surface area (Å²) in [6.45, 7) is 0.462. The zero-order valence-corrected chi connectivity index (χ0v) is 10.7. The summed E-state index contributed by atoms with van der Waals surface area (Å²) in [5.74, 6) is 0. The van der Waals surface area contributed by atoms with E-state index in [0.29, 0.717) is 18.4 Å². The Morgan fingerprint density at radius 2 is 2.06 bits per heavy atom. The van der Waals surface area contributed by atoms with Gasteiger partial charge in [0.1, 0.15) is 0 Å². The zero-order chi connectivity index (χ0) is 13.2. The van der Waals surface area contributed by atoms with Crippen molar-refractivity contribution >= 4 is 21.0 Å². The van der Waals surface area contributed by atoms with Crippen molar-refractivity contribution in [2.75, 3.05) is 12.9 Å². The summed E-state index contributed by atoms with van der Waals surface area (Å²) in [6, 6.07) is 7.21. The number of aromatic nitrogens is 2. The fourth-order valence-electron chi connectivity index (χ4n) is 1.70. The molecule has 2 aromatic rings. The number of benzene rings is 1. The Labute approximate surface area is 104 Å². The summed E-state index contributed by atoms with van der Waals surface area (Å²) < 4.78 is 27.6. The third kappa shape index (κ3) is 2.99. The van der Waals surface area contributed by atoms with Crippen molar-refractivity contribution in [2.24, 2.45) is 0 Å². The van der Waals surface area contributed by atoms with Gasteiger partial charge >= 0.3 is 0 Å². The van der Waals surface area contributed by atoms with E-state index in [1.54, 1.807) is 12.1 Å². The summed E-state index contributed by atoms with van der Waals surface area (Å²) in [5, 5.41) is 3.59. The number of hydrogen-bond donors (Lipinski definition) is 1. The molecule has 0 unspecified atom stereocenters. The van der Waals surface area contributed by atoms with Crippen LogP contribution in [0.1, 0.15) is 6.42 Å². The second-order valence-corrected chi connectivity index (χ2v) is 5.64. The van der Waals surface area contributed by atoms with E-state index in [-0.39, 0.29) is 12.2 Å². The average molecular weight is 270 g/mol. The van der Waals surface area contributed by atoms with Crippen LogP contribution in [0.3, 0.4) is 0 Å². The molecule has 2 rings (SSSR count). The van der Waals surface area contributed by atoms with Gasteiger partial charge in [-0.1, -0.05) is 12.1 Å². The van der Waals surface area contributed by atoms with E-state index in [4.69, 9.17) is 0 Å². The molecule has 0 amide bonds. The second-order valence-electron chi connectivity index (χ2n) is 3.99. The van der Waals surface area contributed by atoms with Crippen molar-refractivity contribution in [1.29, 1.82) is 0 Å². The van der Waals surface area contributed by atoms with Crippen molar-refractivity contribution in [3.63, 3.8) is 0 Å². The smallest absolute Gasteiger partial charge is 0.274 e. The van der Waals surface area contributed by atoms with Crippen molar-refractivity contribution in [1.82, 2.24) is 9.78 Å². The van der Waals surface area contributed by atoms with Crippen LogP contribution in [0.2, 0.25) is 0 Å². The molecule has 0 aliphatic carbocycles. The predicted octanol–water partition coefficient (Wildman–Crippen LogP) is 0.696. The molecule has 0 saturated heterocycles. The minimum absolute atomic E-state index is 0.0701. The van der Waals surface area contributed by atoms with Crippen LogP contribution < -0.4 is 5.56 Å². The van der Waals surface area contributed by atoms with Gasteiger partial charge in [0.2, 0.25) is 0 Å². The van der Waals surface area contributed by atoms with Gasteiger partial charge in [0.05, 0.1) is 23.8 Å². The number of H-pyrrole nitrogens is 1. The van der Waals surface area contributed by atoms with Gasteiger partial charge in [-0.15, -0.1) is 0 Å². The van der Waals surface area contributed by atoms with E-state index >= 15 is 0 Å². The van der Waals surface area contributed by atoms with Gasteiger partial charge in [0, 0.05) is 6.54 Å². The van der Waals surface area contributed by atoms with E-state index < -0.39 is 10.1 Å². The van der Waals surface area contributed by atoms with Gasteiger partial charge in [-0.2, -0.15) is 8.42 Å². The molecule has 7 heteroatoms. The van der Waals surface area contributed by atoms with E-state index in [1.807, 2.05) is 12.1 Å². The van der Waals surface area contributed by atoms with Crippen LogP contribution in [0.25, 0.3) is 10.9 Å². The third-order valence-corrected chi connectivity index (χ3v) is 3.08. The monoisotopic (exact) mass is 270 g/mol. The normalized spacial score (nSPS) is 12.1. The molecule has 1 aromatic heterocycles. The molecule has 0 spiro atoms. The highest BCUT2D eigenvalue weighted by Crippen LogP contribution is 2.06. The maximum absolute atomic E-state index is 11.9. The van der Waals surface area contributed by atoms with Crippen LogP contribution in [0.5, 0.6) is 0 Å². The molecule has 1 heterocycles. The predicted molar refractivity (Wildman–Crippen MR) is 68.0 cm³/mol. The van der Waals surface area contributed by atoms with E-state index in [0.717, 1.165) is 11.8 Å². The minimum Gasteiger partial charge on any atom is -0.295 e. The molecule has 0 atom stereocenters. The first-order chi connectivity index (χ1) is 8.47. The number of nitrogens with zero attached hydrogens (tertiary/aromatic N) is 1. The topological polar surface area (TPSA) is 81.2 Å². The summed E-state index contributed by atoms with van der Waals surface area (Å²) in [4.78, 5) is 11.9. The maximum Gasteiger partial charge on any atom is 0.274 e. The van der Waals surface area contributed by atoms with Crippen molar-refractivity contribution in [3.05, 3.63) is 34.6 Å². The minimum atomic E-state index is -3.41. The SMILES string of the molecule is CS(=O)(=O)OCCCn1[nH]c2ccccc2c1=O. The molecular formula is C11H14N2O4S. The van der Waals surface area contributed by atoms with Gasteiger partial charge in [-0.3, -0.25) is 18.8 Å². The lowest BCUT2D eigenvalue weighted by molar-refractivity contribution is 0.303. The van der Waals surface area contributed by atoms with Gasteiger partial charge in [-0.25, -0.2) is 0 Å². The van der Waals surface area contributed by atoms with E-state index in [2.05, 4.69) is 9.28 Å². The molecule has 0 saturated carbocycles. The van der Waals surface area contributed by atoms with Crippen LogP contribution in [0.4, 0.5) is 0 Å². The van der Waals surface area contributed by atoms with Crippen LogP contribution in [-0.4, -0.2) is 31.1 Å². The molecule has 0 aliphatic heterocycles. The van der Waals surface area contributed by atoms with E-state index in [1.165, 1.54) is 4.68 Å². The fourth-order valence-corrected chi connectivity index (χ4v) is 2.12. The molecule has 6 nitrogen and oxygen atoms in total. The lowest BCUT2D eigenvalue weighted by Crippen LogP contribution is -2.18. The average Bonchev–Trinajstić information content (AvgIpc) is 2.62. The van der Waals surface area contributed by atoms with Crippen molar-refractivity contribution < 1.29 is 12.6 Å². The van der Waals surface area contributed by atoms with Crippen molar-refractivity contribution in [2.45, 2.75) is 13.0 Å². The van der Waals surface area contributed by atoms with Crippen LogP contribution in [0.15, 0.2) is 29.1 Å². The quantitative estimate of drug-likeness (QED) is 0.640. The molecule has 98 valence electrons. The van der Waals surface area contributed by atoms with Gasteiger partial charge in [0.25, 0.3) is 15.7 Å². The molecule has 0 radical (unpaired) electrons. The largest absolute Gasteiger partial charge is 0.295 e. The van der Waals surface area contributed by atoms with Crippen LogP contribution in [0, 0.1) is 0 Å². The highest BCUT2D eigenvalue weighted by atomic mass is 32.2. The Kier molecular flexibility index (Phi) is 3.53. The molecule has 18 heavy (non-hydrogen) atoms. The number of aryl methyl sites for hydroxylation is 1. The number of hydrogen-bond acceptors (Lipinski definition) is 4. The fraction of sp³-hybridized carbons (Fsp3) is 0.364. The summed E-state index contributed by atoms with van der Waals surface area (Å²) >= 11 is 0. The molecule has 0 fully saturated rings. The number of rotatable bonds is 5. The zero-order valence-electron chi connectivity index (χ0n) is 9.92. The number of fused-ring (bicyclic) bond motifs is 1. The second kappa shape index (κ2) is 4.95. The first-order valence-electron chi connectivity index (χ1n) is 5.49. The van der Waals surface area contributed by atoms with Gasteiger partial charge < -0.3 is 0 Å². The standard InChI is InChI=1S/C11H14N2O4S/c1-18(15,16)17-8-4-7-13-11(14)9-5-2-3-6-10(9)12-13/h2-3,5-6,12H,4,7-8H2,1H3. The molecule has 0 aliphatic rings. The summed E-state index contributed by atoms with van der Waals surface area (Å²) in [5.41, 5.74) is 0.663. The number of aromatic amines is 1. The highest BCUT2D eigenvalue weighted by Gasteiger charge is 2.06. The lowest BCUT2D eigenvalue weighted by atomic mass is 10.3. The van der Waals surface area contributed by atoms with Crippen molar-refractivity contribution in [3.8, 4) is 0 Å². The highest BCUT2D eigenvalue weighted by molar-refractivity contribution is 7.85. The molecular weight excluding hydrogens is 256 g/mol. The van der Waals surface area contributed by atoms with Gasteiger partial charge in [0.15, 0.2) is 0 Å². The summed E-state index contributed by atoms with van der Waals surface area (Å²) in [6.07, 6.45) is 1.45. The molecule has 1 N–H and O–H groups in total. The Balaban J connectivity index is 2.04.